The van der Waals surface area contributed by atoms with E-state index in [0.29, 0.717) is 11.6 Å². The molecule has 0 aliphatic rings. The molecule has 0 radical (unpaired) electrons. The van der Waals surface area contributed by atoms with Crippen LogP contribution in [0.1, 0.15) is 11.6 Å². The Bertz CT molecular complexity index is 702. The van der Waals surface area contributed by atoms with Crippen molar-refractivity contribution in [2.45, 2.75) is 10.9 Å². The number of hydrogen-bond acceptors (Lipinski definition) is 3. The van der Waals surface area contributed by atoms with E-state index >= 15 is 0 Å². The predicted octanol–water partition coefficient (Wildman–Crippen LogP) is 2.44. The maximum atomic E-state index is 13.5. The topological polar surface area (TPSA) is 60.2 Å². The highest BCUT2D eigenvalue weighted by Crippen LogP contribution is 2.21. The van der Waals surface area contributed by atoms with Crippen LogP contribution < -0.4 is 5.73 Å². The van der Waals surface area contributed by atoms with Gasteiger partial charge >= 0.3 is 0 Å². The Morgan fingerprint density at radius 2 is 1.70 bits per heavy atom. The lowest BCUT2D eigenvalue weighted by atomic mass is 10.1. The van der Waals surface area contributed by atoms with Crippen molar-refractivity contribution in [2.75, 3.05) is 5.75 Å². The number of sulfone groups is 1. The van der Waals surface area contributed by atoms with Crippen LogP contribution in [-0.4, -0.2) is 14.2 Å². The lowest BCUT2D eigenvalue weighted by molar-refractivity contribution is 0.550. The van der Waals surface area contributed by atoms with E-state index in [0.717, 1.165) is 12.1 Å². The standard InChI is InChI=1S/C14H13F2NO2S/c15-11-6-7-12(16)14(8-11)20(18,19)9-13(17)10-4-2-1-3-5-10/h1-8,13H,9,17H2. The van der Waals surface area contributed by atoms with Crippen molar-refractivity contribution >= 4 is 9.84 Å². The monoisotopic (exact) mass is 297 g/mol. The molecule has 2 aromatic rings. The molecule has 0 saturated carbocycles. The van der Waals surface area contributed by atoms with Crippen LogP contribution in [0.2, 0.25) is 0 Å². The second kappa shape index (κ2) is 5.68. The van der Waals surface area contributed by atoms with E-state index in [1.54, 1.807) is 30.3 Å². The Kier molecular flexibility index (Phi) is 4.15. The van der Waals surface area contributed by atoms with Gasteiger partial charge in [0.25, 0.3) is 0 Å². The fourth-order valence-corrected chi connectivity index (χ4v) is 3.34. The minimum Gasteiger partial charge on any atom is -0.323 e. The fourth-order valence-electron chi connectivity index (χ4n) is 1.84. The summed E-state index contributed by atoms with van der Waals surface area (Å²) in [5.74, 6) is -2.28. The van der Waals surface area contributed by atoms with E-state index in [1.807, 2.05) is 0 Å². The average Bonchev–Trinajstić information content (AvgIpc) is 2.42. The van der Waals surface area contributed by atoms with Crippen molar-refractivity contribution < 1.29 is 17.2 Å². The van der Waals surface area contributed by atoms with Crippen LogP contribution in [0.4, 0.5) is 8.78 Å². The van der Waals surface area contributed by atoms with Gasteiger partial charge in [0.05, 0.1) is 5.75 Å². The van der Waals surface area contributed by atoms with Crippen molar-refractivity contribution in [1.82, 2.24) is 0 Å². The molecule has 0 spiro atoms. The second-order valence-corrected chi connectivity index (χ2v) is 6.38. The minimum absolute atomic E-state index is 0.489. The van der Waals surface area contributed by atoms with Crippen LogP contribution in [0, 0.1) is 11.6 Å². The van der Waals surface area contributed by atoms with Gasteiger partial charge in [-0.25, -0.2) is 17.2 Å². The summed E-state index contributed by atoms with van der Waals surface area (Å²) in [5.41, 5.74) is 6.43. The van der Waals surface area contributed by atoms with Gasteiger partial charge in [-0.15, -0.1) is 0 Å². The van der Waals surface area contributed by atoms with Crippen LogP contribution in [0.3, 0.4) is 0 Å². The lowest BCUT2D eigenvalue weighted by Crippen LogP contribution is -2.22. The molecule has 0 aliphatic heterocycles. The predicted molar refractivity (Wildman–Crippen MR) is 71.8 cm³/mol. The SMILES string of the molecule is NC(CS(=O)(=O)c1cc(F)ccc1F)c1ccccc1. The van der Waals surface area contributed by atoms with Gasteiger partial charge in [-0.1, -0.05) is 30.3 Å². The van der Waals surface area contributed by atoms with Gasteiger partial charge in [0.15, 0.2) is 9.84 Å². The third-order valence-electron chi connectivity index (χ3n) is 2.86. The number of rotatable bonds is 4. The minimum atomic E-state index is -4.00. The van der Waals surface area contributed by atoms with Gasteiger partial charge in [-0.3, -0.25) is 0 Å². The zero-order valence-corrected chi connectivity index (χ0v) is 11.3. The highest BCUT2D eigenvalue weighted by molar-refractivity contribution is 7.91. The molecule has 3 nitrogen and oxygen atoms in total. The maximum Gasteiger partial charge on any atom is 0.183 e. The molecule has 0 aliphatic carbocycles. The van der Waals surface area contributed by atoms with Crippen molar-refractivity contribution in [3.8, 4) is 0 Å². The molecule has 2 aromatic carbocycles. The van der Waals surface area contributed by atoms with Gasteiger partial charge in [-0.2, -0.15) is 0 Å². The van der Waals surface area contributed by atoms with Crippen molar-refractivity contribution in [3.63, 3.8) is 0 Å². The second-order valence-electron chi connectivity index (χ2n) is 4.37. The molecule has 106 valence electrons. The number of hydrogen-bond donors (Lipinski definition) is 1. The van der Waals surface area contributed by atoms with Crippen LogP contribution in [0.25, 0.3) is 0 Å². The van der Waals surface area contributed by atoms with Crippen LogP contribution in [0.5, 0.6) is 0 Å². The first kappa shape index (κ1) is 14.6. The first-order chi connectivity index (χ1) is 9.40. The Morgan fingerprint density at radius 3 is 2.35 bits per heavy atom. The van der Waals surface area contributed by atoms with E-state index < -0.39 is 38.2 Å². The molecule has 0 amide bonds. The summed E-state index contributed by atoms with van der Waals surface area (Å²) in [7, 11) is -4.00. The molecule has 2 N–H and O–H groups in total. The molecule has 0 aromatic heterocycles. The molecule has 1 unspecified atom stereocenters. The van der Waals surface area contributed by atoms with E-state index in [-0.39, 0.29) is 0 Å². The van der Waals surface area contributed by atoms with E-state index in [4.69, 9.17) is 5.73 Å². The fraction of sp³-hybridized carbons (Fsp3) is 0.143. The summed E-state index contributed by atoms with van der Waals surface area (Å²) in [6, 6.07) is 10.1. The summed E-state index contributed by atoms with van der Waals surface area (Å²) in [5, 5.41) is 0. The zero-order valence-electron chi connectivity index (χ0n) is 10.5. The van der Waals surface area contributed by atoms with Gasteiger partial charge in [0, 0.05) is 6.04 Å². The van der Waals surface area contributed by atoms with Gasteiger partial charge < -0.3 is 5.73 Å². The van der Waals surface area contributed by atoms with Crippen LogP contribution in [-0.2, 0) is 9.84 Å². The number of halogens is 2. The smallest absolute Gasteiger partial charge is 0.183 e. The molecule has 1 atom stereocenters. The van der Waals surface area contributed by atoms with E-state index in [2.05, 4.69) is 0 Å². The molecule has 0 fully saturated rings. The Morgan fingerprint density at radius 1 is 1.05 bits per heavy atom. The van der Waals surface area contributed by atoms with Crippen LogP contribution in [0.15, 0.2) is 53.4 Å². The first-order valence-electron chi connectivity index (χ1n) is 5.88. The van der Waals surface area contributed by atoms with Gasteiger partial charge in [0.1, 0.15) is 16.5 Å². The summed E-state index contributed by atoms with van der Waals surface area (Å²) in [4.78, 5) is -0.663. The molecule has 0 heterocycles. The Balaban J connectivity index is 2.30. The average molecular weight is 297 g/mol. The molecule has 6 heteroatoms. The molecule has 2 rings (SSSR count). The van der Waals surface area contributed by atoms with E-state index in [1.165, 1.54) is 0 Å². The number of benzene rings is 2. The zero-order chi connectivity index (χ0) is 14.8. The molecule has 20 heavy (non-hydrogen) atoms. The molecule has 0 bridgehead atoms. The highest BCUT2D eigenvalue weighted by atomic mass is 32.2. The largest absolute Gasteiger partial charge is 0.323 e. The van der Waals surface area contributed by atoms with E-state index in [9.17, 15) is 17.2 Å². The Labute approximate surface area is 116 Å². The summed E-state index contributed by atoms with van der Waals surface area (Å²) in [6.07, 6.45) is 0. The summed E-state index contributed by atoms with van der Waals surface area (Å²) in [6.45, 7) is 0. The quantitative estimate of drug-likeness (QED) is 0.943. The highest BCUT2D eigenvalue weighted by Gasteiger charge is 2.23. The third kappa shape index (κ3) is 3.20. The Hall–Kier alpha value is -1.79. The van der Waals surface area contributed by atoms with Gasteiger partial charge in [-0.05, 0) is 23.8 Å². The third-order valence-corrected chi connectivity index (χ3v) is 4.64. The summed E-state index contributed by atoms with van der Waals surface area (Å²) >= 11 is 0. The molecular formula is C14H13F2NO2S. The summed E-state index contributed by atoms with van der Waals surface area (Å²) < 4.78 is 50.8. The van der Waals surface area contributed by atoms with Gasteiger partial charge in [0.2, 0.25) is 0 Å². The first-order valence-corrected chi connectivity index (χ1v) is 7.54. The van der Waals surface area contributed by atoms with Crippen LogP contribution >= 0.6 is 0 Å². The molecular weight excluding hydrogens is 284 g/mol. The van der Waals surface area contributed by atoms with Crippen molar-refractivity contribution in [3.05, 3.63) is 65.7 Å². The number of nitrogens with two attached hydrogens (primary N) is 1. The maximum absolute atomic E-state index is 13.5. The van der Waals surface area contributed by atoms with Crippen molar-refractivity contribution in [1.29, 1.82) is 0 Å². The lowest BCUT2D eigenvalue weighted by Gasteiger charge is -2.13. The van der Waals surface area contributed by atoms with Crippen molar-refractivity contribution in [2.24, 2.45) is 5.73 Å². The normalized spacial score (nSPS) is 13.2. The molecule has 0 saturated heterocycles.